The third kappa shape index (κ3) is 1.81. The number of aromatic carboxylic acids is 1. The van der Waals surface area contributed by atoms with Gasteiger partial charge in [0.15, 0.2) is 0 Å². The van der Waals surface area contributed by atoms with Crippen LogP contribution < -0.4 is 0 Å². The Balaban J connectivity index is 3.15. The minimum atomic E-state index is -0.864. The van der Waals surface area contributed by atoms with Crippen molar-refractivity contribution in [3.63, 3.8) is 0 Å². The molecule has 0 aliphatic rings. The predicted octanol–water partition coefficient (Wildman–Crippen LogP) is 2.71. The van der Waals surface area contributed by atoms with Crippen molar-refractivity contribution in [1.82, 2.24) is 4.98 Å². The van der Waals surface area contributed by atoms with Crippen molar-refractivity contribution in [3.8, 4) is 0 Å². The fourth-order valence-electron chi connectivity index (χ4n) is 1.34. The highest BCUT2D eigenvalue weighted by Crippen LogP contribution is 2.27. The fourth-order valence-corrected chi connectivity index (χ4v) is 1.34. The van der Waals surface area contributed by atoms with E-state index in [0.717, 1.165) is 17.8 Å². The van der Waals surface area contributed by atoms with E-state index >= 15 is 0 Å². The number of carbonyl (C=O) groups is 1. The molecule has 0 fully saturated rings. The molecule has 14 heavy (non-hydrogen) atoms. The largest absolute Gasteiger partial charge is 0.478 e. The Kier molecular flexibility index (Phi) is 2.69. The minimum Gasteiger partial charge on any atom is -0.478 e. The van der Waals surface area contributed by atoms with E-state index in [9.17, 15) is 4.79 Å². The summed E-state index contributed by atoms with van der Waals surface area (Å²) in [5, 5.41) is 8.90. The Morgan fingerprint density at radius 1 is 1.57 bits per heavy atom. The molecule has 0 saturated heterocycles. The van der Waals surface area contributed by atoms with Crippen LogP contribution in [0.15, 0.2) is 6.07 Å². The van der Waals surface area contributed by atoms with Crippen LogP contribution in [-0.2, 0) is 5.41 Å². The second-order valence-corrected chi connectivity index (χ2v) is 4.26. The van der Waals surface area contributed by atoms with Gasteiger partial charge in [0, 0.05) is 16.8 Å². The lowest BCUT2D eigenvalue weighted by Crippen LogP contribution is -2.15. The number of nitrogens with one attached hydrogen (secondary N) is 1. The lowest BCUT2D eigenvalue weighted by molar-refractivity contribution is 0.0696. The molecule has 2 N–H and O–H groups in total. The summed E-state index contributed by atoms with van der Waals surface area (Å²) < 4.78 is 0. The number of aromatic amines is 1. The van der Waals surface area contributed by atoms with E-state index in [1.54, 1.807) is 13.0 Å². The van der Waals surface area contributed by atoms with Crippen LogP contribution >= 0.6 is 0 Å². The maximum Gasteiger partial charge on any atom is 0.337 e. The van der Waals surface area contributed by atoms with E-state index in [4.69, 9.17) is 5.11 Å². The molecular weight excluding hydrogens is 178 g/mol. The summed E-state index contributed by atoms with van der Waals surface area (Å²) in [6.45, 7) is 8.09. The summed E-state index contributed by atoms with van der Waals surface area (Å²) >= 11 is 0. The normalized spacial score (nSPS) is 11.7. The molecule has 3 heteroatoms. The second-order valence-electron chi connectivity index (χ2n) is 4.26. The topological polar surface area (TPSA) is 53.1 Å². The van der Waals surface area contributed by atoms with Crippen molar-refractivity contribution in [1.29, 1.82) is 0 Å². The number of carboxylic acids is 1. The smallest absolute Gasteiger partial charge is 0.337 e. The molecule has 0 aliphatic carbocycles. The number of aryl methyl sites for hydroxylation is 1. The first-order valence-corrected chi connectivity index (χ1v) is 4.82. The van der Waals surface area contributed by atoms with Crippen LogP contribution in [0.1, 0.15) is 48.9 Å². The fraction of sp³-hybridized carbons (Fsp3) is 0.545. The number of carboxylic acid groups (broad SMARTS) is 1. The van der Waals surface area contributed by atoms with Crippen molar-refractivity contribution >= 4 is 5.97 Å². The molecule has 0 bridgehead atoms. The number of rotatable bonds is 3. The van der Waals surface area contributed by atoms with Gasteiger partial charge in [0.25, 0.3) is 0 Å². The lowest BCUT2D eigenvalue weighted by atomic mass is 9.86. The maximum absolute atomic E-state index is 10.8. The Bertz CT molecular complexity index is 350. The zero-order valence-electron chi connectivity index (χ0n) is 9.14. The van der Waals surface area contributed by atoms with Gasteiger partial charge in [-0.1, -0.05) is 20.8 Å². The first-order chi connectivity index (χ1) is 6.38. The Morgan fingerprint density at radius 3 is 2.50 bits per heavy atom. The molecule has 1 heterocycles. The van der Waals surface area contributed by atoms with E-state index in [0.29, 0.717) is 5.56 Å². The molecule has 0 aromatic carbocycles. The number of hydrogen-bond donors (Lipinski definition) is 2. The highest BCUT2D eigenvalue weighted by atomic mass is 16.4. The van der Waals surface area contributed by atoms with Gasteiger partial charge in [-0.3, -0.25) is 0 Å². The van der Waals surface area contributed by atoms with Gasteiger partial charge in [0.1, 0.15) is 0 Å². The number of aromatic nitrogens is 1. The van der Waals surface area contributed by atoms with Crippen LogP contribution in [0.5, 0.6) is 0 Å². The second kappa shape index (κ2) is 3.48. The quantitative estimate of drug-likeness (QED) is 0.779. The molecule has 0 amide bonds. The third-order valence-corrected chi connectivity index (χ3v) is 2.86. The monoisotopic (exact) mass is 195 g/mol. The highest BCUT2D eigenvalue weighted by molar-refractivity contribution is 5.89. The molecule has 0 radical (unpaired) electrons. The minimum absolute atomic E-state index is 0.0124. The summed E-state index contributed by atoms with van der Waals surface area (Å²) in [6.07, 6.45) is 0.978. The lowest BCUT2D eigenvalue weighted by Gasteiger charge is -2.20. The van der Waals surface area contributed by atoms with Crippen molar-refractivity contribution in [3.05, 3.63) is 23.0 Å². The van der Waals surface area contributed by atoms with E-state index in [1.807, 2.05) is 0 Å². The van der Waals surface area contributed by atoms with Gasteiger partial charge < -0.3 is 10.1 Å². The van der Waals surface area contributed by atoms with E-state index in [-0.39, 0.29) is 5.41 Å². The van der Waals surface area contributed by atoms with Crippen molar-refractivity contribution in [2.45, 2.75) is 39.5 Å². The molecule has 0 atom stereocenters. The summed E-state index contributed by atoms with van der Waals surface area (Å²) in [5.41, 5.74) is 2.11. The van der Waals surface area contributed by atoms with Gasteiger partial charge in [-0.25, -0.2) is 4.79 Å². The molecule has 0 aliphatic heterocycles. The Hall–Kier alpha value is -1.25. The van der Waals surface area contributed by atoms with E-state index in [1.165, 1.54) is 0 Å². The first kappa shape index (κ1) is 10.8. The van der Waals surface area contributed by atoms with Crippen molar-refractivity contribution < 1.29 is 9.90 Å². The van der Waals surface area contributed by atoms with Crippen LogP contribution in [0.3, 0.4) is 0 Å². The van der Waals surface area contributed by atoms with E-state index in [2.05, 4.69) is 25.8 Å². The summed E-state index contributed by atoms with van der Waals surface area (Å²) in [5.74, 6) is -0.864. The summed E-state index contributed by atoms with van der Waals surface area (Å²) in [4.78, 5) is 14.0. The molecule has 0 spiro atoms. The van der Waals surface area contributed by atoms with Crippen LogP contribution in [0.25, 0.3) is 0 Å². The molecule has 0 unspecified atom stereocenters. The summed E-state index contributed by atoms with van der Waals surface area (Å²) in [7, 11) is 0. The molecule has 1 aromatic heterocycles. The van der Waals surface area contributed by atoms with Crippen LogP contribution in [-0.4, -0.2) is 16.1 Å². The van der Waals surface area contributed by atoms with Crippen LogP contribution in [0.2, 0.25) is 0 Å². The van der Waals surface area contributed by atoms with Crippen molar-refractivity contribution in [2.75, 3.05) is 0 Å². The van der Waals surface area contributed by atoms with E-state index < -0.39 is 5.97 Å². The molecular formula is C11H17NO2. The number of H-pyrrole nitrogens is 1. The van der Waals surface area contributed by atoms with Gasteiger partial charge >= 0.3 is 5.97 Å². The standard InChI is InChI=1S/C11H17NO2/c1-5-11(3,4)9-6-8(10(13)14)7(2)12-9/h6,12H,5H2,1-4H3,(H,13,14). The predicted molar refractivity (Wildman–Crippen MR) is 55.8 cm³/mol. The summed E-state index contributed by atoms with van der Waals surface area (Å²) in [6, 6.07) is 1.74. The molecule has 3 nitrogen and oxygen atoms in total. The average molecular weight is 195 g/mol. The molecule has 78 valence electrons. The van der Waals surface area contributed by atoms with Gasteiger partial charge in [-0.15, -0.1) is 0 Å². The number of hydrogen-bond acceptors (Lipinski definition) is 1. The zero-order chi connectivity index (χ0) is 10.9. The van der Waals surface area contributed by atoms with Gasteiger partial charge in [0.2, 0.25) is 0 Å². The SMILES string of the molecule is CCC(C)(C)c1cc(C(=O)O)c(C)[nH]1. The molecule has 1 aromatic rings. The zero-order valence-corrected chi connectivity index (χ0v) is 9.14. The highest BCUT2D eigenvalue weighted by Gasteiger charge is 2.22. The Morgan fingerprint density at radius 2 is 2.14 bits per heavy atom. The van der Waals surface area contributed by atoms with Crippen LogP contribution in [0, 0.1) is 6.92 Å². The van der Waals surface area contributed by atoms with Crippen molar-refractivity contribution in [2.24, 2.45) is 0 Å². The average Bonchev–Trinajstić information content (AvgIpc) is 2.48. The third-order valence-electron chi connectivity index (χ3n) is 2.86. The molecule has 0 saturated carbocycles. The van der Waals surface area contributed by atoms with Gasteiger partial charge in [-0.2, -0.15) is 0 Å². The maximum atomic E-state index is 10.8. The Labute approximate surface area is 84.2 Å². The molecule has 1 rings (SSSR count). The van der Waals surface area contributed by atoms with Gasteiger partial charge in [0.05, 0.1) is 5.56 Å². The van der Waals surface area contributed by atoms with Crippen LogP contribution in [0.4, 0.5) is 0 Å². The van der Waals surface area contributed by atoms with Gasteiger partial charge in [-0.05, 0) is 19.4 Å². The first-order valence-electron chi connectivity index (χ1n) is 4.82.